The summed E-state index contributed by atoms with van der Waals surface area (Å²) in [5.74, 6) is 1.26. The van der Waals surface area contributed by atoms with Crippen LogP contribution in [-0.2, 0) is 10.6 Å². The molecule has 5 heteroatoms. The Labute approximate surface area is 112 Å². The fourth-order valence-corrected chi connectivity index (χ4v) is 3.12. The van der Waals surface area contributed by atoms with Crippen molar-refractivity contribution in [2.75, 3.05) is 18.1 Å². The zero-order valence-electron chi connectivity index (χ0n) is 10.6. The largest absolute Gasteiger partial charge is 0.374 e. The van der Waals surface area contributed by atoms with E-state index < -0.39 is 0 Å². The first-order chi connectivity index (χ1) is 8.78. The molecule has 1 saturated heterocycles. The first-order valence-electron chi connectivity index (χ1n) is 6.56. The highest BCUT2D eigenvalue weighted by atomic mass is 35.5. The van der Waals surface area contributed by atoms with Crippen molar-refractivity contribution in [3.63, 3.8) is 0 Å². The first kappa shape index (κ1) is 12.2. The highest BCUT2D eigenvalue weighted by Crippen LogP contribution is 2.31. The SMILES string of the molecule is Cc1cc(CCl)nc(N2CCOC3CCCC32)n1. The number of aromatic nitrogens is 2. The van der Waals surface area contributed by atoms with Gasteiger partial charge >= 0.3 is 0 Å². The third-order valence-electron chi connectivity index (χ3n) is 3.77. The van der Waals surface area contributed by atoms with E-state index in [1.807, 2.05) is 13.0 Å². The minimum Gasteiger partial charge on any atom is -0.374 e. The van der Waals surface area contributed by atoms with Crippen LogP contribution in [0.5, 0.6) is 0 Å². The van der Waals surface area contributed by atoms with E-state index in [9.17, 15) is 0 Å². The maximum atomic E-state index is 5.89. The van der Waals surface area contributed by atoms with Gasteiger partial charge in [0.1, 0.15) is 0 Å². The summed E-state index contributed by atoms with van der Waals surface area (Å²) in [6.07, 6.45) is 3.94. The molecule has 2 unspecified atom stereocenters. The van der Waals surface area contributed by atoms with Crippen molar-refractivity contribution in [1.29, 1.82) is 0 Å². The van der Waals surface area contributed by atoms with Gasteiger partial charge in [-0.05, 0) is 32.3 Å². The molecule has 98 valence electrons. The zero-order chi connectivity index (χ0) is 12.5. The average Bonchev–Trinajstić information content (AvgIpc) is 2.85. The molecule has 2 heterocycles. The number of morpholine rings is 1. The molecule has 0 amide bonds. The van der Waals surface area contributed by atoms with Crippen LogP contribution in [-0.4, -0.2) is 35.3 Å². The van der Waals surface area contributed by atoms with Gasteiger partial charge in [0, 0.05) is 12.2 Å². The first-order valence-corrected chi connectivity index (χ1v) is 7.10. The summed E-state index contributed by atoms with van der Waals surface area (Å²) in [6.45, 7) is 3.65. The second-order valence-electron chi connectivity index (χ2n) is 5.04. The van der Waals surface area contributed by atoms with Crippen LogP contribution >= 0.6 is 11.6 Å². The summed E-state index contributed by atoms with van der Waals surface area (Å²) >= 11 is 5.89. The Morgan fingerprint density at radius 1 is 1.44 bits per heavy atom. The second kappa shape index (κ2) is 5.02. The molecule has 0 radical (unpaired) electrons. The van der Waals surface area contributed by atoms with E-state index in [2.05, 4.69) is 14.9 Å². The lowest BCUT2D eigenvalue weighted by Gasteiger charge is -2.37. The molecule has 1 aromatic heterocycles. The number of fused-ring (bicyclic) bond motifs is 1. The highest BCUT2D eigenvalue weighted by molar-refractivity contribution is 6.16. The molecule has 2 fully saturated rings. The summed E-state index contributed by atoms with van der Waals surface area (Å²) in [7, 11) is 0. The van der Waals surface area contributed by atoms with Gasteiger partial charge in [-0.25, -0.2) is 9.97 Å². The Morgan fingerprint density at radius 3 is 3.17 bits per heavy atom. The number of anilines is 1. The van der Waals surface area contributed by atoms with E-state index in [4.69, 9.17) is 16.3 Å². The third-order valence-corrected chi connectivity index (χ3v) is 4.05. The molecule has 1 aliphatic heterocycles. The van der Waals surface area contributed by atoms with Crippen molar-refractivity contribution in [1.82, 2.24) is 9.97 Å². The molecule has 0 spiro atoms. The van der Waals surface area contributed by atoms with Crippen molar-refractivity contribution in [3.8, 4) is 0 Å². The smallest absolute Gasteiger partial charge is 0.226 e. The number of halogens is 1. The van der Waals surface area contributed by atoms with Crippen LogP contribution < -0.4 is 4.90 Å². The number of hydrogen-bond donors (Lipinski definition) is 0. The van der Waals surface area contributed by atoms with Crippen LogP contribution in [0, 0.1) is 6.92 Å². The molecule has 0 aromatic carbocycles. The van der Waals surface area contributed by atoms with Gasteiger partial charge in [0.05, 0.1) is 30.3 Å². The maximum absolute atomic E-state index is 5.89. The van der Waals surface area contributed by atoms with Crippen molar-refractivity contribution >= 4 is 17.5 Å². The van der Waals surface area contributed by atoms with Crippen LogP contribution in [0.15, 0.2) is 6.07 Å². The molecule has 3 rings (SSSR count). The summed E-state index contributed by atoms with van der Waals surface area (Å²) in [5.41, 5.74) is 1.89. The molecule has 1 aromatic rings. The van der Waals surface area contributed by atoms with E-state index in [1.54, 1.807) is 0 Å². The molecule has 1 aliphatic carbocycles. The van der Waals surface area contributed by atoms with Crippen molar-refractivity contribution < 1.29 is 4.74 Å². The Morgan fingerprint density at radius 2 is 2.33 bits per heavy atom. The van der Waals surface area contributed by atoms with Crippen LogP contribution in [0.1, 0.15) is 30.7 Å². The zero-order valence-corrected chi connectivity index (χ0v) is 11.4. The van der Waals surface area contributed by atoms with Gasteiger partial charge in [0.25, 0.3) is 0 Å². The lowest BCUT2D eigenvalue weighted by molar-refractivity contribution is 0.0249. The molecule has 2 aliphatic rings. The fourth-order valence-electron chi connectivity index (χ4n) is 2.99. The van der Waals surface area contributed by atoms with Gasteiger partial charge in [-0.1, -0.05) is 0 Å². The van der Waals surface area contributed by atoms with Crippen molar-refractivity contribution in [2.24, 2.45) is 0 Å². The molecule has 4 nitrogen and oxygen atoms in total. The monoisotopic (exact) mass is 267 g/mol. The molecular formula is C13H18ClN3O. The van der Waals surface area contributed by atoms with E-state index in [-0.39, 0.29) is 0 Å². The second-order valence-corrected chi connectivity index (χ2v) is 5.30. The number of rotatable bonds is 2. The normalized spacial score (nSPS) is 27.3. The van der Waals surface area contributed by atoms with Crippen LogP contribution in [0.3, 0.4) is 0 Å². The van der Waals surface area contributed by atoms with E-state index in [0.717, 1.165) is 36.9 Å². The van der Waals surface area contributed by atoms with E-state index >= 15 is 0 Å². The van der Waals surface area contributed by atoms with E-state index in [1.165, 1.54) is 12.8 Å². The van der Waals surface area contributed by atoms with Gasteiger partial charge < -0.3 is 9.64 Å². The van der Waals surface area contributed by atoms with Crippen molar-refractivity contribution in [2.45, 2.75) is 44.2 Å². The van der Waals surface area contributed by atoms with Crippen LogP contribution in [0.25, 0.3) is 0 Å². The summed E-state index contributed by atoms with van der Waals surface area (Å²) in [6, 6.07) is 2.40. The Hall–Kier alpha value is -0.870. The number of hydrogen-bond acceptors (Lipinski definition) is 4. The average molecular weight is 268 g/mol. The topological polar surface area (TPSA) is 38.2 Å². The van der Waals surface area contributed by atoms with Gasteiger partial charge in [-0.15, -0.1) is 11.6 Å². The summed E-state index contributed by atoms with van der Waals surface area (Å²) < 4.78 is 5.82. The molecule has 18 heavy (non-hydrogen) atoms. The minimum atomic E-state index is 0.363. The highest BCUT2D eigenvalue weighted by Gasteiger charge is 2.37. The lowest BCUT2D eigenvalue weighted by Crippen LogP contribution is -2.49. The van der Waals surface area contributed by atoms with Crippen LogP contribution in [0.4, 0.5) is 5.95 Å². The predicted molar refractivity (Wildman–Crippen MR) is 71.1 cm³/mol. The Bertz CT molecular complexity index is 440. The van der Waals surface area contributed by atoms with Gasteiger partial charge in [-0.2, -0.15) is 0 Å². The van der Waals surface area contributed by atoms with Gasteiger partial charge in [0.2, 0.25) is 5.95 Å². The summed E-state index contributed by atoms with van der Waals surface area (Å²) in [4.78, 5) is 11.4. The van der Waals surface area contributed by atoms with Gasteiger partial charge in [0.15, 0.2) is 0 Å². The predicted octanol–water partition coefficient (Wildman–Crippen LogP) is 2.28. The Balaban J connectivity index is 1.90. The fraction of sp³-hybridized carbons (Fsp3) is 0.692. The van der Waals surface area contributed by atoms with Crippen molar-refractivity contribution in [3.05, 3.63) is 17.5 Å². The molecule has 2 atom stereocenters. The standard InChI is InChI=1S/C13H18ClN3O/c1-9-7-10(8-14)16-13(15-9)17-5-6-18-12-4-2-3-11(12)17/h7,11-12H,2-6,8H2,1H3. The third kappa shape index (κ3) is 2.19. The molecule has 0 bridgehead atoms. The number of aryl methyl sites for hydroxylation is 1. The van der Waals surface area contributed by atoms with E-state index in [0.29, 0.717) is 18.0 Å². The Kier molecular flexibility index (Phi) is 3.39. The quantitative estimate of drug-likeness (QED) is 0.771. The number of nitrogens with zero attached hydrogens (tertiary/aromatic N) is 3. The number of alkyl halides is 1. The molecule has 0 N–H and O–H groups in total. The maximum Gasteiger partial charge on any atom is 0.226 e. The molecule has 1 saturated carbocycles. The molecular weight excluding hydrogens is 250 g/mol. The number of ether oxygens (including phenoxy) is 1. The minimum absolute atomic E-state index is 0.363. The summed E-state index contributed by atoms with van der Waals surface area (Å²) in [5, 5.41) is 0. The lowest BCUT2D eigenvalue weighted by atomic mass is 10.1. The van der Waals surface area contributed by atoms with Crippen LogP contribution in [0.2, 0.25) is 0 Å². The van der Waals surface area contributed by atoms with Gasteiger partial charge in [-0.3, -0.25) is 0 Å².